The fraction of sp³-hybridized carbons (Fsp3) is 0.679. The molecule has 8 nitrogen and oxygen atoms in total. The predicted octanol–water partition coefficient (Wildman–Crippen LogP) is 6.06. The molecule has 0 saturated carbocycles. The average molecular weight is 527 g/mol. The summed E-state index contributed by atoms with van der Waals surface area (Å²) in [5.41, 5.74) is 3.14. The maximum Gasteiger partial charge on any atom is 0.407 e. The third-order valence-corrected chi connectivity index (χ3v) is 9.06. The minimum absolute atomic E-state index is 0.126. The summed E-state index contributed by atoms with van der Waals surface area (Å²) in [7, 11) is 0. The molecule has 3 aromatic rings. The largest absolute Gasteiger partial charge is 0.465 e. The van der Waals surface area contributed by atoms with Crippen molar-refractivity contribution in [2.24, 2.45) is 5.92 Å². The second kappa shape index (κ2) is 10.8. The van der Waals surface area contributed by atoms with Crippen LogP contribution in [0, 0.1) is 5.92 Å². The Morgan fingerprint density at radius 1 is 1.19 bits per heavy atom. The molecule has 0 spiro atoms. The van der Waals surface area contributed by atoms with E-state index < -0.39 is 6.09 Å². The monoisotopic (exact) mass is 526 g/mol. The van der Waals surface area contributed by atoms with E-state index in [1.807, 2.05) is 11.3 Å². The van der Waals surface area contributed by atoms with Crippen molar-refractivity contribution in [3.63, 3.8) is 0 Å². The van der Waals surface area contributed by atoms with Crippen LogP contribution in [0.5, 0.6) is 0 Å². The topological polar surface area (TPSA) is 95.3 Å². The van der Waals surface area contributed by atoms with E-state index in [1.54, 1.807) is 4.90 Å². The van der Waals surface area contributed by atoms with Crippen molar-refractivity contribution >= 4 is 44.5 Å². The van der Waals surface area contributed by atoms with Crippen molar-refractivity contribution in [2.75, 3.05) is 31.5 Å². The van der Waals surface area contributed by atoms with Gasteiger partial charge in [0.15, 0.2) is 5.82 Å². The van der Waals surface area contributed by atoms with E-state index in [2.05, 4.69) is 49.0 Å². The van der Waals surface area contributed by atoms with Gasteiger partial charge in [0.05, 0.1) is 15.7 Å². The van der Waals surface area contributed by atoms with Gasteiger partial charge in [-0.25, -0.2) is 14.8 Å². The molecule has 2 saturated heterocycles. The van der Waals surface area contributed by atoms with Crippen LogP contribution in [0.1, 0.15) is 82.8 Å². The van der Waals surface area contributed by atoms with Crippen molar-refractivity contribution in [3.8, 4) is 0 Å². The zero-order chi connectivity index (χ0) is 26.2. The van der Waals surface area contributed by atoms with Crippen molar-refractivity contribution < 1.29 is 9.90 Å². The maximum atomic E-state index is 11.5. The van der Waals surface area contributed by atoms with E-state index in [-0.39, 0.29) is 5.54 Å². The third-order valence-electron chi connectivity index (χ3n) is 7.76. The summed E-state index contributed by atoms with van der Waals surface area (Å²) in [6.07, 6.45) is 6.51. The number of nitrogens with one attached hydrogen (secondary N) is 2. The lowest BCUT2D eigenvalue weighted by Crippen LogP contribution is -2.38. The number of nitrogens with zero attached hydrogens (tertiary/aromatic N) is 4. The minimum atomic E-state index is -0.801. The first-order valence-corrected chi connectivity index (χ1v) is 14.8. The highest BCUT2D eigenvalue weighted by Crippen LogP contribution is 2.41. The molecule has 0 bridgehead atoms. The number of anilines is 1. The number of carboxylic acid groups (broad SMARTS) is 1. The molecule has 9 heteroatoms. The summed E-state index contributed by atoms with van der Waals surface area (Å²) in [6.45, 7) is 13.0. The molecule has 1 amide bonds. The number of likely N-dealkylation sites (tertiary alicyclic amines) is 1. The van der Waals surface area contributed by atoms with E-state index in [9.17, 15) is 9.90 Å². The summed E-state index contributed by atoms with van der Waals surface area (Å²) in [5.74, 6) is 3.05. The predicted molar refractivity (Wildman–Crippen MR) is 152 cm³/mol. The fourth-order valence-electron chi connectivity index (χ4n) is 5.76. The van der Waals surface area contributed by atoms with Crippen LogP contribution >= 0.6 is 11.3 Å². The van der Waals surface area contributed by atoms with Crippen molar-refractivity contribution in [3.05, 3.63) is 16.8 Å². The zero-order valence-corrected chi connectivity index (χ0v) is 23.6. The number of amides is 1. The van der Waals surface area contributed by atoms with Crippen LogP contribution < -0.4 is 10.6 Å². The summed E-state index contributed by atoms with van der Waals surface area (Å²) >= 11 is 1.91. The van der Waals surface area contributed by atoms with Crippen LogP contribution in [0.2, 0.25) is 0 Å². The van der Waals surface area contributed by atoms with Crippen LogP contribution in [0.25, 0.3) is 21.3 Å². The van der Waals surface area contributed by atoms with Crippen LogP contribution in [0.3, 0.4) is 0 Å². The molecule has 5 rings (SSSR count). The number of hydrogen-bond donors (Lipinski definition) is 3. The van der Waals surface area contributed by atoms with Crippen LogP contribution in [-0.2, 0) is 13.0 Å². The number of imidazole rings is 1. The van der Waals surface area contributed by atoms with E-state index >= 15 is 0 Å². The van der Waals surface area contributed by atoms with Gasteiger partial charge in [-0.15, -0.1) is 11.3 Å². The molecule has 0 unspecified atom stereocenters. The van der Waals surface area contributed by atoms with Gasteiger partial charge in [-0.2, -0.15) is 0 Å². The van der Waals surface area contributed by atoms with Crippen LogP contribution in [0.4, 0.5) is 10.6 Å². The highest BCUT2D eigenvalue weighted by Gasteiger charge is 2.28. The van der Waals surface area contributed by atoms with Gasteiger partial charge in [0.2, 0.25) is 0 Å². The van der Waals surface area contributed by atoms with Gasteiger partial charge in [0.1, 0.15) is 11.3 Å². The zero-order valence-electron chi connectivity index (χ0n) is 22.8. The Morgan fingerprint density at radius 3 is 2.57 bits per heavy atom. The highest BCUT2D eigenvalue weighted by molar-refractivity contribution is 7.20. The number of unbranched alkanes of at least 4 members (excludes halogenated alkanes) is 1. The van der Waals surface area contributed by atoms with Gasteiger partial charge in [0, 0.05) is 36.5 Å². The van der Waals surface area contributed by atoms with Crippen LogP contribution in [0.15, 0.2) is 6.07 Å². The quantitative estimate of drug-likeness (QED) is 0.347. The summed E-state index contributed by atoms with van der Waals surface area (Å²) < 4.78 is 3.73. The molecule has 5 heterocycles. The number of pyridine rings is 1. The Balaban J connectivity index is 1.61. The number of fused-ring (bicyclic) bond motifs is 3. The molecule has 3 aromatic heterocycles. The second-order valence-electron chi connectivity index (χ2n) is 11.9. The van der Waals surface area contributed by atoms with Crippen molar-refractivity contribution in [1.82, 2.24) is 24.8 Å². The Kier molecular flexibility index (Phi) is 7.63. The fourth-order valence-corrected chi connectivity index (χ4v) is 7.08. The van der Waals surface area contributed by atoms with E-state index in [1.165, 1.54) is 27.9 Å². The number of hydrogen-bond acceptors (Lipinski definition) is 6. The second-order valence-corrected chi connectivity index (χ2v) is 13.0. The van der Waals surface area contributed by atoms with Crippen LogP contribution in [-0.4, -0.2) is 62.4 Å². The van der Waals surface area contributed by atoms with Gasteiger partial charge in [-0.3, -0.25) is 0 Å². The molecule has 0 aliphatic carbocycles. The Morgan fingerprint density at radius 2 is 1.92 bits per heavy atom. The molecule has 0 radical (unpaired) electrons. The number of piperidine rings is 2. The molecular formula is C28H42N6O2S. The van der Waals surface area contributed by atoms with Gasteiger partial charge >= 0.3 is 6.09 Å². The van der Waals surface area contributed by atoms with Gasteiger partial charge in [-0.05, 0) is 83.9 Å². The van der Waals surface area contributed by atoms with E-state index in [0.717, 1.165) is 74.4 Å². The lowest BCUT2D eigenvalue weighted by molar-refractivity contribution is 0.121. The lowest BCUT2D eigenvalue weighted by Gasteiger charge is -2.30. The lowest BCUT2D eigenvalue weighted by atomic mass is 9.96. The maximum absolute atomic E-state index is 11.5. The summed E-state index contributed by atoms with van der Waals surface area (Å²) in [4.78, 5) is 24.8. The Labute approximate surface area is 223 Å². The summed E-state index contributed by atoms with van der Waals surface area (Å²) in [6, 6.07) is 2.33. The van der Waals surface area contributed by atoms with Gasteiger partial charge < -0.3 is 25.2 Å². The van der Waals surface area contributed by atoms with Crippen molar-refractivity contribution in [2.45, 2.75) is 90.6 Å². The number of carbonyl (C=O) groups is 1. The molecular weight excluding hydrogens is 484 g/mol. The van der Waals surface area contributed by atoms with E-state index in [4.69, 9.17) is 9.97 Å². The number of rotatable bonds is 7. The molecule has 2 aliphatic rings. The Bertz CT molecular complexity index is 1250. The first kappa shape index (κ1) is 26.2. The molecule has 0 atom stereocenters. The Hall–Kier alpha value is -2.39. The minimum Gasteiger partial charge on any atom is -0.465 e. The first-order valence-electron chi connectivity index (χ1n) is 14.0. The molecule has 2 aliphatic heterocycles. The first-order chi connectivity index (χ1) is 17.7. The van der Waals surface area contributed by atoms with Crippen molar-refractivity contribution in [1.29, 1.82) is 0 Å². The molecule has 37 heavy (non-hydrogen) atoms. The third kappa shape index (κ3) is 5.72. The number of thiophene rings is 1. The number of aromatic nitrogens is 3. The highest BCUT2D eigenvalue weighted by atomic mass is 32.1. The van der Waals surface area contributed by atoms with E-state index in [0.29, 0.717) is 24.9 Å². The smallest absolute Gasteiger partial charge is 0.407 e. The standard InChI is InChI=1S/C28H42N6O2S/c1-5-6-7-22-31-23-24(34(22)17-18-10-14-33(15-11-18)27(35)36)25-20(30-26(23)32-28(2,3)4)16-21(37-25)19-8-12-29-13-9-19/h16,18-19,29H,5-15,17H2,1-4H3,(H,30,32)(H,35,36). The average Bonchev–Trinajstić information content (AvgIpc) is 3.44. The molecule has 202 valence electrons. The van der Waals surface area contributed by atoms with Gasteiger partial charge in [-0.1, -0.05) is 13.3 Å². The molecule has 3 N–H and O–H groups in total. The molecule has 2 fully saturated rings. The SMILES string of the molecule is CCCCc1nc2c(NC(C)(C)C)nc3cc(C4CCNCC4)sc3c2n1CC1CCN(C(=O)O)CC1. The molecule has 0 aromatic carbocycles. The summed E-state index contributed by atoms with van der Waals surface area (Å²) in [5, 5.41) is 16.6. The normalized spacial score (nSPS) is 18.2. The number of aryl methyl sites for hydroxylation is 1. The van der Waals surface area contributed by atoms with Gasteiger partial charge in [0.25, 0.3) is 0 Å².